The summed E-state index contributed by atoms with van der Waals surface area (Å²) in [5.74, 6) is -1.43. The number of carbonyl (C=O) groups is 2. The minimum atomic E-state index is -0.821. The van der Waals surface area contributed by atoms with Gasteiger partial charge < -0.3 is 10.0 Å². The monoisotopic (exact) mass is 332 g/mol. The Labute approximate surface area is 139 Å². The molecule has 0 unspecified atom stereocenters. The van der Waals surface area contributed by atoms with Crippen molar-refractivity contribution in [3.63, 3.8) is 0 Å². The zero-order valence-electron chi connectivity index (χ0n) is 13.3. The first-order chi connectivity index (χ1) is 11.5. The van der Waals surface area contributed by atoms with E-state index < -0.39 is 16.8 Å². The molecule has 2 aliphatic carbocycles. The second-order valence-corrected chi connectivity index (χ2v) is 6.67. The van der Waals surface area contributed by atoms with Crippen molar-refractivity contribution in [3.8, 4) is 0 Å². The Bertz CT molecular complexity index is 653. The SMILES string of the molecule is O=C(O)[C@@H]1CC[C@H](C(=O)N(Cc2ccc([N+](=O)[O-])cc2)C2CC2)C1. The molecule has 128 valence electrons. The first-order valence-electron chi connectivity index (χ1n) is 8.22. The first kappa shape index (κ1) is 16.4. The van der Waals surface area contributed by atoms with Gasteiger partial charge in [0.25, 0.3) is 5.69 Å². The summed E-state index contributed by atoms with van der Waals surface area (Å²) in [6.45, 7) is 0.426. The fourth-order valence-electron chi connectivity index (χ4n) is 3.36. The molecule has 2 atom stereocenters. The van der Waals surface area contributed by atoms with Gasteiger partial charge in [0.15, 0.2) is 0 Å². The quantitative estimate of drug-likeness (QED) is 0.637. The number of hydrogen-bond donors (Lipinski definition) is 1. The van der Waals surface area contributed by atoms with Crippen LogP contribution in [-0.4, -0.2) is 32.8 Å². The van der Waals surface area contributed by atoms with Crippen molar-refractivity contribution in [2.24, 2.45) is 11.8 Å². The summed E-state index contributed by atoms with van der Waals surface area (Å²) in [6.07, 6.45) is 3.53. The maximum atomic E-state index is 12.8. The van der Waals surface area contributed by atoms with Crippen LogP contribution in [0.5, 0.6) is 0 Å². The highest BCUT2D eigenvalue weighted by atomic mass is 16.6. The van der Waals surface area contributed by atoms with Crippen LogP contribution in [0.25, 0.3) is 0 Å². The molecule has 1 aromatic carbocycles. The van der Waals surface area contributed by atoms with E-state index in [1.54, 1.807) is 12.1 Å². The van der Waals surface area contributed by atoms with Gasteiger partial charge >= 0.3 is 5.97 Å². The second kappa shape index (κ2) is 6.59. The van der Waals surface area contributed by atoms with Gasteiger partial charge in [-0.05, 0) is 37.7 Å². The number of rotatable bonds is 6. The zero-order valence-corrected chi connectivity index (χ0v) is 13.3. The maximum Gasteiger partial charge on any atom is 0.306 e. The van der Waals surface area contributed by atoms with Crippen molar-refractivity contribution in [1.29, 1.82) is 0 Å². The Morgan fingerprint density at radius 2 is 1.75 bits per heavy atom. The summed E-state index contributed by atoms with van der Waals surface area (Å²) < 4.78 is 0. The molecule has 0 heterocycles. The Morgan fingerprint density at radius 1 is 1.12 bits per heavy atom. The Kier molecular flexibility index (Phi) is 4.51. The van der Waals surface area contributed by atoms with Gasteiger partial charge in [-0.25, -0.2) is 0 Å². The lowest BCUT2D eigenvalue weighted by molar-refractivity contribution is -0.384. The fourth-order valence-corrected chi connectivity index (χ4v) is 3.36. The Morgan fingerprint density at radius 3 is 2.25 bits per heavy atom. The second-order valence-electron chi connectivity index (χ2n) is 6.67. The van der Waals surface area contributed by atoms with Crippen molar-refractivity contribution in [2.45, 2.75) is 44.7 Å². The third-order valence-electron chi connectivity index (χ3n) is 4.90. The number of nitro benzene ring substituents is 1. The van der Waals surface area contributed by atoms with Crippen molar-refractivity contribution in [2.75, 3.05) is 0 Å². The van der Waals surface area contributed by atoms with Crippen LogP contribution in [0.2, 0.25) is 0 Å². The summed E-state index contributed by atoms with van der Waals surface area (Å²) in [6, 6.07) is 6.46. The molecule has 0 aromatic heterocycles. The summed E-state index contributed by atoms with van der Waals surface area (Å²) in [5.41, 5.74) is 0.886. The predicted molar refractivity (Wildman–Crippen MR) is 85.1 cm³/mol. The van der Waals surface area contributed by atoms with E-state index in [2.05, 4.69) is 0 Å². The number of amides is 1. The lowest BCUT2D eigenvalue weighted by atomic mass is 10.0. The molecule has 0 aliphatic heterocycles. The largest absolute Gasteiger partial charge is 0.481 e. The molecule has 7 nitrogen and oxygen atoms in total. The number of benzene rings is 1. The highest BCUT2D eigenvalue weighted by molar-refractivity contribution is 5.81. The number of carboxylic acids is 1. The molecule has 0 radical (unpaired) electrons. The van der Waals surface area contributed by atoms with E-state index in [4.69, 9.17) is 5.11 Å². The molecule has 24 heavy (non-hydrogen) atoms. The predicted octanol–water partition coefficient (Wildman–Crippen LogP) is 2.59. The molecule has 2 aliphatic rings. The van der Waals surface area contributed by atoms with Crippen LogP contribution in [0, 0.1) is 22.0 Å². The third kappa shape index (κ3) is 3.55. The minimum absolute atomic E-state index is 0.0274. The van der Waals surface area contributed by atoms with Gasteiger partial charge in [0.05, 0.1) is 10.8 Å². The van der Waals surface area contributed by atoms with E-state index >= 15 is 0 Å². The van der Waals surface area contributed by atoms with Gasteiger partial charge in [-0.15, -0.1) is 0 Å². The lowest BCUT2D eigenvalue weighted by Crippen LogP contribution is -2.36. The van der Waals surface area contributed by atoms with Crippen LogP contribution in [0.3, 0.4) is 0 Å². The van der Waals surface area contributed by atoms with E-state index in [9.17, 15) is 19.7 Å². The van der Waals surface area contributed by atoms with Crippen molar-refractivity contribution >= 4 is 17.6 Å². The van der Waals surface area contributed by atoms with Gasteiger partial charge in [0, 0.05) is 30.6 Å². The molecule has 0 bridgehead atoms. The molecule has 7 heteroatoms. The van der Waals surface area contributed by atoms with E-state index in [1.165, 1.54) is 12.1 Å². The summed E-state index contributed by atoms with van der Waals surface area (Å²) in [5, 5.41) is 19.8. The smallest absolute Gasteiger partial charge is 0.306 e. The third-order valence-corrected chi connectivity index (χ3v) is 4.90. The number of nitro groups is 1. The highest BCUT2D eigenvalue weighted by Crippen LogP contribution is 2.36. The number of nitrogens with zero attached hydrogens (tertiary/aromatic N) is 2. The lowest BCUT2D eigenvalue weighted by Gasteiger charge is -2.25. The van der Waals surface area contributed by atoms with Crippen LogP contribution in [0.1, 0.15) is 37.7 Å². The Hall–Kier alpha value is -2.44. The number of hydrogen-bond acceptors (Lipinski definition) is 4. The molecule has 3 rings (SSSR count). The van der Waals surface area contributed by atoms with Crippen molar-refractivity contribution in [1.82, 2.24) is 4.90 Å². The van der Waals surface area contributed by atoms with Gasteiger partial charge in [-0.1, -0.05) is 12.1 Å². The highest BCUT2D eigenvalue weighted by Gasteiger charge is 2.40. The number of carboxylic acid groups (broad SMARTS) is 1. The summed E-state index contributed by atoms with van der Waals surface area (Å²) in [4.78, 5) is 36.0. The van der Waals surface area contributed by atoms with Crippen molar-refractivity contribution in [3.05, 3.63) is 39.9 Å². The van der Waals surface area contributed by atoms with Crippen LogP contribution in [0.4, 0.5) is 5.69 Å². The van der Waals surface area contributed by atoms with Crippen LogP contribution < -0.4 is 0 Å². The standard InChI is InChI=1S/C17H20N2O5/c20-16(12-3-4-13(9-12)17(21)22)18(14-7-8-14)10-11-1-5-15(6-2-11)19(23)24/h1-2,5-6,12-14H,3-4,7-10H2,(H,21,22)/t12-,13+/m0/s1. The van der Waals surface area contributed by atoms with Gasteiger partial charge in [-0.3, -0.25) is 19.7 Å². The maximum absolute atomic E-state index is 12.8. The molecular formula is C17H20N2O5. The molecule has 1 N–H and O–H groups in total. The molecule has 0 spiro atoms. The summed E-state index contributed by atoms with van der Waals surface area (Å²) >= 11 is 0. The average Bonchev–Trinajstić information content (AvgIpc) is 3.27. The first-order valence-corrected chi connectivity index (χ1v) is 8.22. The van der Waals surface area contributed by atoms with Gasteiger partial charge in [-0.2, -0.15) is 0 Å². The van der Waals surface area contributed by atoms with Gasteiger partial charge in [0.1, 0.15) is 0 Å². The van der Waals surface area contributed by atoms with E-state index in [0.717, 1.165) is 18.4 Å². The number of aliphatic carboxylic acids is 1. The van der Waals surface area contributed by atoms with E-state index in [0.29, 0.717) is 25.8 Å². The summed E-state index contributed by atoms with van der Waals surface area (Å²) in [7, 11) is 0. The molecule has 1 amide bonds. The minimum Gasteiger partial charge on any atom is -0.481 e. The van der Waals surface area contributed by atoms with Gasteiger partial charge in [0.2, 0.25) is 5.91 Å². The normalized spacial score (nSPS) is 23.0. The Balaban J connectivity index is 1.67. The molecule has 2 saturated carbocycles. The van der Waals surface area contributed by atoms with Crippen LogP contribution in [-0.2, 0) is 16.1 Å². The zero-order chi connectivity index (χ0) is 17.3. The fraction of sp³-hybridized carbons (Fsp3) is 0.529. The van der Waals surface area contributed by atoms with E-state index in [-0.39, 0.29) is 23.6 Å². The molecule has 2 fully saturated rings. The average molecular weight is 332 g/mol. The number of carbonyl (C=O) groups excluding carboxylic acids is 1. The molecular weight excluding hydrogens is 312 g/mol. The van der Waals surface area contributed by atoms with E-state index in [1.807, 2.05) is 4.90 Å². The molecule has 1 aromatic rings. The van der Waals surface area contributed by atoms with Crippen LogP contribution in [0.15, 0.2) is 24.3 Å². The molecule has 0 saturated heterocycles. The van der Waals surface area contributed by atoms with Crippen molar-refractivity contribution < 1.29 is 19.6 Å². The van der Waals surface area contributed by atoms with Crippen LogP contribution >= 0.6 is 0 Å². The topological polar surface area (TPSA) is 101 Å². The number of non-ortho nitro benzene ring substituents is 1.